The van der Waals surface area contributed by atoms with Crippen LogP contribution in [0.25, 0.3) is 11.6 Å². The zero-order valence-electron chi connectivity index (χ0n) is 9.93. The number of aryl methyl sites for hydroxylation is 1. The maximum absolute atomic E-state index is 9.45. The number of phenols is 2. The summed E-state index contributed by atoms with van der Waals surface area (Å²) in [5.74, 6) is 0.621. The monoisotopic (exact) mass is 238 g/mol. The molecule has 0 saturated heterocycles. The summed E-state index contributed by atoms with van der Waals surface area (Å²) < 4.78 is 0. The number of fused-ring (bicyclic) bond motifs is 1. The fraction of sp³-hybridized carbons (Fsp3) is 0.125. The highest BCUT2D eigenvalue weighted by Gasteiger charge is 2.12. The second kappa shape index (κ2) is 4.22. The number of hydrogen-bond donors (Lipinski definition) is 2. The maximum atomic E-state index is 9.45. The Balaban J connectivity index is 2.00. The molecule has 0 aromatic heterocycles. The van der Waals surface area contributed by atoms with Gasteiger partial charge in [0.2, 0.25) is 0 Å². The normalized spacial score (nSPS) is 13.9. The van der Waals surface area contributed by atoms with Crippen molar-refractivity contribution in [2.45, 2.75) is 12.8 Å². The van der Waals surface area contributed by atoms with Crippen LogP contribution in [-0.2, 0) is 6.42 Å². The van der Waals surface area contributed by atoms with E-state index in [9.17, 15) is 10.2 Å². The van der Waals surface area contributed by atoms with E-state index in [1.165, 1.54) is 16.7 Å². The predicted octanol–water partition coefficient (Wildman–Crippen LogP) is 3.58. The molecule has 0 atom stereocenters. The van der Waals surface area contributed by atoms with Gasteiger partial charge in [0, 0.05) is 0 Å². The van der Waals surface area contributed by atoms with Crippen molar-refractivity contribution >= 4 is 11.6 Å². The number of rotatable bonds is 1. The van der Waals surface area contributed by atoms with Crippen LogP contribution in [0.15, 0.2) is 42.5 Å². The fourth-order valence-corrected chi connectivity index (χ4v) is 2.38. The number of allylic oxidation sites excluding steroid dienone is 1. The Bertz CT molecular complexity index is 609. The molecule has 2 aromatic carbocycles. The number of aromatic hydroxyl groups is 2. The van der Waals surface area contributed by atoms with Crippen LogP contribution in [0.3, 0.4) is 0 Å². The maximum Gasteiger partial charge on any atom is 0.115 e. The Hall–Kier alpha value is -2.22. The van der Waals surface area contributed by atoms with Crippen molar-refractivity contribution in [2.24, 2.45) is 0 Å². The van der Waals surface area contributed by atoms with Gasteiger partial charge in [-0.2, -0.15) is 0 Å². The molecule has 2 nitrogen and oxygen atoms in total. The number of hydrogen-bond acceptors (Lipinski definition) is 2. The summed E-state index contributed by atoms with van der Waals surface area (Å²) in [5, 5.41) is 18.7. The number of phenolic OH excluding ortho intramolecular Hbond substituents is 2. The van der Waals surface area contributed by atoms with Crippen LogP contribution in [0.1, 0.15) is 23.1 Å². The summed E-state index contributed by atoms with van der Waals surface area (Å²) in [4.78, 5) is 0. The lowest BCUT2D eigenvalue weighted by Gasteiger charge is -2.17. The van der Waals surface area contributed by atoms with Crippen molar-refractivity contribution in [3.63, 3.8) is 0 Å². The van der Waals surface area contributed by atoms with Crippen LogP contribution in [0, 0.1) is 0 Å². The Kier molecular flexibility index (Phi) is 2.56. The molecular weight excluding hydrogens is 224 g/mol. The van der Waals surface area contributed by atoms with Crippen molar-refractivity contribution in [3.05, 3.63) is 59.2 Å². The van der Waals surface area contributed by atoms with E-state index in [0.29, 0.717) is 11.5 Å². The minimum Gasteiger partial charge on any atom is -0.508 e. The van der Waals surface area contributed by atoms with Crippen molar-refractivity contribution < 1.29 is 10.2 Å². The van der Waals surface area contributed by atoms with E-state index in [0.717, 1.165) is 18.4 Å². The molecule has 0 spiro atoms. The third-order valence-corrected chi connectivity index (χ3v) is 3.36. The van der Waals surface area contributed by atoms with E-state index >= 15 is 0 Å². The number of benzene rings is 2. The summed E-state index contributed by atoms with van der Waals surface area (Å²) in [5.41, 5.74) is 4.78. The molecule has 2 aromatic rings. The first-order valence-electron chi connectivity index (χ1n) is 6.04. The van der Waals surface area contributed by atoms with Crippen molar-refractivity contribution in [2.75, 3.05) is 0 Å². The average Bonchev–Trinajstić information content (AvgIpc) is 2.39. The van der Waals surface area contributed by atoms with E-state index in [-0.39, 0.29) is 0 Å². The van der Waals surface area contributed by atoms with E-state index in [1.54, 1.807) is 18.2 Å². The summed E-state index contributed by atoms with van der Waals surface area (Å²) in [6.07, 6.45) is 4.06. The zero-order chi connectivity index (χ0) is 12.5. The molecule has 0 saturated carbocycles. The minimum atomic E-state index is 0.292. The first-order valence-corrected chi connectivity index (χ1v) is 6.04. The Morgan fingerprint density at radius 3 is 2.28 bits per heavy atom. The van der Waals surface area contributed by atoms with Crippen LogP contribution in [0.4, 0.5) is 0 Å². The average molecular weight is 238 g/mol. The first kappa shape index (κ1) is 10.9. The highest BCUT2D eigenvalue weighted by Crippen LogP contribution is 2.32. The largest absolute Gasteiger partial charge is 0.508 e. The lowest BCUT2D eigenvalue weighted by molar-refractivity contribution is 0.474. The smallest absolute Gasteiger partial charge is 0.115 e. The lowest BCUT2D eigenvalue weighted by Crippen LogP contribution is -1.98. The van der Waals surface area contributed by atoms with Gasteiger partial charge in [0.1, 0.15) is 11.5 Å². The van der Waals surface area contributed by atoms with Gasteiger partial charge >= 0.3 is 0 Å². The molecule has 0 radical (unpaired) electrons. The minimum absolute atomic E-state index is 0.292. The first-order chi connectivity index (χ1) is 8.72. The fourth-order valence-electron chi connectivity index (χ4n) is 2.38. The highest BCUT2D eigenvalue weighted by atomic mass is 16.3. The van der Waals surface area contributed by atoms with Crippen LogP contribution >= 0.6 is 0 Å². The van der Waals surface area contributed by atoms with Crippen LogP contribution in [0.5, 0.6) is 11.5 Å². The van der Waals surface area contributed by atoms with Gasteiger partial charge < -0.3 is 10.2 Å². The molecule has 0 aliphatic heterocycles. The van der Waals surface area contributed by atoms with Crippen LogP contribution in [-0.4, -0.2) is 10.2 Å². The van der Waals surface area contributed by atoms with Crippen molar-refractivity contribution in [1.29, 1.82) is 0 Å². The van der Waals surface area contributed by atoms with Gasteiger partial charge in [0.15, 0.2) is 0 Å². The summed E-state index contributed by atoms with van der Waals surface area (Å²) in [7, 11) is 0. The van der Waals surface area contributed by atoms with Gasteiger partial charge in [0.05, 0.1) is 0 Å². The Morgan fingerprint density at radius 1 is 0.778 bits per heavy atom. The molecule has 1 aliphatic carbocycles. The predicted molar refractivity (Wildman–Crippen MR) is 72.4 cm³/mol. The van der Waals surface area contributed by atoms with Crippen LogP contribution in [0.2, 0.25) is 0 Å². The van der Waals surface area contributed by atoms with Gasteiger partial charge in [-0.1, -0.05) is 24.3 Å². The van der Waals surface area contributed by atoms with Gasteiger partial charge in [-0.25, -0.2) is 0 Å². The molecule has 0 fully saturated rings. The lowest BCUT2D eigenvalue weighted by atomic mass is 9.88. The van der Waals surface area contributed by atoms with E-state index < -0.39 is 0 Å². The van der Waals surface area contributed by atoms with Crippen molar-refractivity contribution in [3.8, 4) is 11.5 Å². The molecular formula is C16H14O2. The zero-order valence-corrected chi connectivity index (χ0v) is 9.93. The molecule has 0 bridgehead atoms. The second-order valence-corrected chi connectivity index (χ2v) is 4.60. The SMILES string of the molecule is Oc1ccc(C2=Cc3ccc(O)cc3CC2)cc1. The quantitative estimate of drug-likeness (QED) is 0.797. The molecule has 2 heteroatoms. The molecule has 1 aliphatic rings. The molecule has 0 unspecified atom stereocenters. The third kappa shape index (κ3) is 1.97. The van der Waals surface area contributed by atoms with Crippen molar-refractivity contribution in [1.82, 2.24) is 0 Å². The topological polar surface area (TPSA) is 40.5 Å². The Labute approximate surface area is 106 Å². The summed E-state index contributed by atoms with van der Waals surface area (Å²) >= 11 is 0. The molecule has 0 heterocycles. The van der Waals surface area contributed by atoms with Gasteiger partial charge in [-0.15, -0.1) is 0 Å². The second-order valence-electron chi connectivity index (χ2n) is 4.60. The van der Waals surface area contributed by atoms with Crippen LogP contribution < -0.4 is 0 Å². The highest BCUT2D eigenvalue weighted by molar-refractivity contribution is 5.84. The Morgan fingerprint density at radius 2 is 1.50 bits per heavy atom. The molecule has 2 N–H and O–H groups in total. The third-order valence-electron chi connectivity index (χ3n) is 3.36. The summed E-state index contributed by atoms with van der Waals surface area (Å²) in [6, 6.07) is 12.8. The summed E-state index contributed by atoms with van der Waals surface area (Å²) in [6.45, 7) is 0. The standard InChI is InChI=1S/C16H14O2/c17-15-6-3-11(4-7-15)12-1-2-14-10-16(18)8-5-13(14)9-12/h3-10,17-18H,1-2H2. The van der Waals surface area contributed by atoms with E-state index in [2.05, 4.69) is 6.08 Å². The molecule has 18 heavy (non-hydrogen) atoms. The molecule has 0 amide bonds. The van der Waals surface area contributed by atoms with E-state index in [1.807, 2.05) is 24.3 Å². The molecule has 90 valence electrons. The van der Waals surface area contributed by atoms with Gasteiger partial charge in [-0.05, 0) is 59.4 Å². The van der Waals surface area contributed by atoms with Gasteiger partial charge in [-0.3, -0.25) is 0 Å². The molecule has 3 rings (SSSR count). The van der Waals surface area contributed by atoms with E-state index in [4.69, 9.17) is 0 Å². The van der Waals surface area contributed by atoms with Gasteiger partial charge in [0.25, 0.3) is 0 Å².